The Hall–Kier alpha value is -0.454. The van der Waals surface area contributed by atoms with E-state index in [4.69, 9.17) is 0 Å². The van der Waals surface area contributed by atoms with Crippen LogP contribution in [0.1, 0.15) is 11.8 Å². The molecule has 1 amide bonds. The second kappa shape index (κ2) is 6.99. The van der Waals surface area contributed by atoms with Crippen LogP contribution in [0, 0.1) is 0 Å². The van der Waals surface area contributed by atoms with E-state index in [0.29, 0.717) is 5.56 Å². The van der Waals surface area contributed by atoms with Crippen LogP contribution in [0.3, 0.4) is 0 Å². The first kappa shape index (κ1) is 13.6. The third-order valence-corrected chi connectivity index (χ3v) is 2.07. The van der Waals surface area contributed by atoms with Gasteiger partial charge in [0, 0.05) is 11.3 Å². The summed E-state index contributed by atoms with van der Waals surface area (Å²) in [5, 5.41) is 2.82. The first-order valence-corrected chi connectivity index (χ1v) is 4.78. The minimum absolute atomic E-state index is 0. The van der Waals surface area contributed by atoms with Crippen LogP contribution in [0.15, 0.2) is 60.7 Å². The molecule has 0 fully saturated rings. The number of anilines is 1. The van der Waals surface area contributed by atoms with Crippen LogP contribution in [-0.4, -0.2) is 5.91 Å². The van der Waals surface area contributed by atoms with Crippen LogP contribution in [-0.2, 0) is 0 Å². The fraction of sp³-hybridized carbons (Fsp3) is 0. The number of carbonyl (C=O) groups excluding carboxylic acids is 1. The van der Waals surface area contributed by atoms with Gasteiger partial charge in [-0.2, -0.15) is 0 Å². The van der Waals surface area contributed by atoms with E-state index >= 15 is 0 Å². The minimum atomic E-state index is -0.0817. The van der Waals surface area contributed by atoms with Gasteiger partial charge >= 0.3 is 51.4 Å². The fourth-order valence-corrected chi connectivity index (χ4v) is 1.31. The van der Waals surface area contributed by atoms with Gasteiger partial charge in [-0.3, -0.25) is 4.79 Å². The number of nitrogens with one attached hydrogen (secondary N) is 1. The van der Waals surface area contributed by atoms with Crippen molar-refractivity contribution in [3.8, 4) is 0 Å². The summed E-state index contributed by atoms with van der Waals surface area (Å²) < 4.78 is 0. The SMILES string of the molecule is O=C(Nc1ccccc1)c1ccccc1.[H-].[K+]. The van der Waals surface area contributed by atoms with Crippen molar-refractivity contribution in [3.05, 3.63) is 66.2 Å². The zero-order valence-electron chi connectivity index (χ0n) is 10.2. The summed E-state index contributed by atoms with van der Waals surface area (Å²) in [6, 6.07) is 18.6. The molecule has 2 aromatic carbocycles. The topological polar surface area (TPSA) is 29.1 Å². The van der Waals surface area contributed by atoms with Gasteiger partial charge in [-0.05, 0) is 24.3 Å². The summed E-state index contributed by atoms with van der Waals surface area (Å²) in [4.78, 5) is 11.7. The molecule has 2 aromatic rings. The predicted molar refractivity (Wildman–Crippen MR) is 61.9 cm³/mol. The maximum Gasteiger partial charge on any atom is 1.00 e. The summed E-state index contributed by atoms with van der Waals surface area (Å²) >= 11 is 0. The molecule has 3 heteroatoms. The normalized spacial score (nSPS) is 9.00. The second-order valence-electron chi connectivity index (χ2n) is 3.19. The third kappa shape index (κ3) is 3.85. The summed E-state index contributed by atoms with van der Waals surface area (Å²) in [5.41, 5.74) is 1.48. The van der Waals surface area contributed by atoms with Crippen LogP contribution in [0.4, 0.5) is 5.69 Å². The van der Waals surface area contributed by atoms with E-state index in [-0.39, 0.29) is 58.7 Å². The van der Waals surface area contributed by atoms with Gasteiger partial charge in [-0.1, -0.05) is 36.4 Å². The number of benzene rings is 2. The molecule has 0 radical (unpaired) electrons. The van der Waals surface area contributed by atoms with Gasteiger partial charge in [0.2, 0.25) is 0 Å². The average Bonchev–Trinajstić information content (AvgIpc) is 2.31. The van der Waals surface area contributed by atoms with E-state index in [9.17, 15) is 4.79 Å². The fourth-order valence-electron chi connectivity index (χ4n) is 1.31. The molecular formula is C13H12KNO. The summed E-state index contributed by atoms with van der Waals surface area (Å²) in [5.74, 6) is -0.0817. The van der Waals surface area contributed by atoms with Crippen LogP contribution in [0.2, 0.25) is 0 Å². The molecule has 0 heterocycles. The van der Waals surface area contributed by atoms with E-state index in [1.54, 1.807) is 12.1 Å². The molecule has 1 N–H and O–H groups in total. The second-order valence-corrected chi connectivity index (χ2v) is 3.19. The van der Waals surface area contributed by atoms with Crippen LogP contribution >= 0.6 is 0 Å². The van der Waals surface area contributed by atoms with Gasteiger partial charge in [0.25, 0.3) is 5.91 Å². The Morgan fingerprint density at radius 3 is 1.94 bits per heavy atom. The molecule has 2 rings (SSSR count). The van der Waals surface area contributed by atoms with Gasteiger partial charge in [0.1, 0.15) is 0 Å². The molecule has 0 aliphatic carbocycles. The molecule has 0 spiro atoms. The number of hydrogen-bond donors (Lipinski definition) is 1. The molecule has 2 nitrogen and oxygen atoms in total. The standard InChI is InChI=1S/C13H11NO.K.H/c15-13(11-7-3-1-4-8-11)14-12-9-5-2-6-10-12;;/h1-10H,(H,14,15);;/q;+1;-1. The van der Waals surface area contributed by atoms with Crippen molar-refractivity contribution in [1.82, 2.24) is 0 Å². The van der Waals surface area contributed by atoms with Crippen molar-refractivity contribution in [3.63, 3.8) is 0 Å². The molecule has 0 atom stereocenters. The molecule has 76 valence electrons. The van der Waals surface area contributed by atoms with Crippen LogP contribution in [0.5, 0.6) is 0 Å². The largest absolute Gasteiger partial charge is 1.00 e. The zero-order chi connectivity index (χ0) is 10.5. The monoisotopic (exact) mass is 237 g/mol. The molecule has 0 bridgehead atoms. The van der Waals surface area contributed by atoms with E-state index in [1.807, 2.05) is 48.5 Å². The third-order valence-electron chi connectivity index (χ3n) is 2.07. The Balaban J connectivity index is 0.00000128. The maximum atomic E-state index is 11.7. The zero-order valence-corrected chi connectivity index (χ0v) is 12.3. The Labute approximate surface area is 139 Å². The van der Waals surface area contributed by atoms with E-state index in [0.717, 1.165) is 5.69 Å². The van der Waals surface area contributed by atoms with Crippen molar-refractivity contribution in [2.45, 2.75) is 0 Å². The summed E-state index contributed by atoms with van der Waals surface area (Å²) in [6.45, 7) is 0. The van der Waals surface area contributed by atoms with Crippen molar-refractivity contribution in [1.29, 1.82) is 0 Å². The molecule has 0 unspecified atom stereocenters. The van der Waals surface area contributed by atoms with Crippen molar-refractivity contribution < 1.29 is 57.6 Å². The van der Waals surface area contributed by atoms with E-state index in [1.165, 1.54) is 0 Å². The van der Waals surface area contributed by atoms with Crippen LogP contribution < -0.4 is 56.7 Å². The Kier molecular flexibility index (Phi) is 5.94. The number of rotatable bonds is 2. The van der Waals surface area contributed by atoms with E-state index < -0.39 is 0 Å². The quantitative estimate of drug-likeness (QED) is 0.735. The Morgan fingerprint density at radius 2 is 1.38 bits per heavy atom. The molecule has 0 aromatic heterocycles. The molecule has 0 saturated heterocycles. The first-order chi connectivity index (χ1) is 7.36. The summed E-state index contributed by atoms with van der Waals surface area (Å²) in [6.07, 6.45) is 0. The van der Waals surface area contributed by atoms with E-state index in [2.05, 4.69) is 5.32 Å². The minimum Gasteiger partial charge on any atom is -1.00 e. The maximum absolute atomic E-state index is 11.7. The number of carbonyl (C=O) groups is 1. The van der Waals surface area contributed by atoms with Gasteiger partial charge in [0.15, 0.2) is 0 Å². The summed E-state index contributed by atoms with van der Waals surface area (Å²) in [7, 11) is 0. The smallest absolute Gasteiger partial charge is 1.00 e. The molecule has 16 heavy (non-hydrogen) atoms. The molecule has 0 saturated carbocycles. The number of para-hydroxylation sites is 1. The Morgan fingerprint density at radius 1 is 0.875 bits per heavy atom. The molecule has 0 aliphatic rings. The van der Waals surface area contributed by atoms with Gasteiger partial charge in [-0.15, -0.1) is 0 Å². The Bertz CT molecular complexity index is 447. The van der Waals surface area contributed by atoms with Crippen molar-refractivity contribution >= 4 is 11.6 Å². The van der Waals surface area contributed by atoms with Crippen LogP contribution in [0.25, 0.3) is 0 Å². The average molecular weight is 237 g/mol. The van der Waals surface area contributed by atoms with Gasteiger partial charge in [0.05, 0.1) is 0 Å². The molecular weight excluding hydrogens is 225 g/mol. The van der Waals surface area contributed by atoms with Gasteiger partial charge < -0.3 is 6.74 Å². The predicted octanol–water partition coefficient (Wildman–Crippen LogP) is 0.0554. The number of amides is 1. The number of hydrogen-bond acceptors (Lipinski definition) is 1. The van der Waals surface area contributed by atoms with Gasteiger partial charge in [-0.25, -0.2) is 0 Å². The first-order valence-electron chi connectivity index (χ1n) is 4.78. The molecule has 0 aliphatic heterocycles. The van der Waals surface area contributed by atoms with Crippen molar-refractivity contribution in [2.75, 3.05) is 5.32 Å². The van der Waals surface area contributed by atoms with Crippen molar-refractivity contribution in [2.24, 2.45) is 0 Å².